The Hall–Kier alpha value is -3.60. The van der Waals surface area contributed by atoms with Crippen LogP contribution in [0.1, 0.15) is 5.56 Å². The van der Waals surface area contributed by atoms with Crippen LogP contribution in [0, 0.1) is 0 Å². The molecule has 31 heavy (non-hydrogen) atoms. The van der Waals surface area contributed by atoms with Gasteiger partial charge in [-0.2, -0.15) is 0 Å². The van der Waals surface area contributed by atoms with Crippen LogP contribution in [-0.4, -0.2) is 32.9 Å². The van der Waals surface area contributed by atoms with E-state index in [0.29, 0.717) is 5.95 Å². The Balaban J connectivity index is 1.51. The number of aryl methyl sites for hydroxylation is 1. The van der Waals surface area contributed by atoms with Crippen molar-refractivity contribution in [1.82, 2.24) is 28.9 Å². The topological polar surface area (TPSA) is 112 Å². The minimum absolute atomic E-state index is 0.195. The van der Waals surface area contributed by atoms with Gasteiger partial charge in [0, 0.05) is 36.1 Å². The predicted octanol–water partition coefficient (Wildman–Crippen LogP) is 2.91. The zero-order valence-electron chi connectivity index (χ0n) is 16.5. The number of hydrogen-bond acceptors (Lipinski definition) is 6. The quantitative estimate of drug-likeness (QED) is 0.399. The number of aromatic nitrogens is 5. The van der Waals surface area contributed by atoms with Gasteiger partial charge in [0.15, 0.2) is 0 Å². The number of fused-ring (bicyclic) bond motifs is 2. The van der Waals surface area contributed by atoms with E-state index in [1.54, 1.807) is 17.0 Å². The zero-order valence-corrected chi connectivity index (χ0v) is 17.3. The van der Waals surface area contributed by atoms with Crippen molar-refractivity contribution in [2.75, 3.05) is 5.32 Å². The average Bonchev–Trinajstić information content (AvgIpc) is 3.36. The molecule has 2 aromatic carbocycles. The molecule has 0 saturated carbocycles. The molecule has 10 heteroatoms. The third kappa shape index (κ3) is 3.79. The molecule has 0 fully saturated rings. The maximum absolute atomic E-state index is 10.9. The van der Waals surface area contributed by atoms with E-state index in [2.05, 4.69) is 25.1 Å². The molecular formula is C21H18N7O2S-. The van der Waals surface area contributed by atoms with Crippen molar-refractivity contribution in [3.8, 4) is 11.3 Å². The molecule has 1 atom stereocenters. The molecule has 5 rings (SSSR count). The van der Waals surface area contributed by atoms with Gasteiger partial charge < -0.3 is 14.4 Å². The van der Waals surface area contributed by atoms with Crippen LogP contribution < -0.4 is 10.0 Å². The first-order valence-electron chi connectivity index (χ1n) is 9.52. The molecule has 0 amide bonds. The van der Waals surface area contributed by atoms with Crippen molar-refractivity contribution in [2.24, 2.45) is 7.05 Å². The van der Waals surface area contributed by atoms with Crippen LogP contribution in [0.3, 0.4) is 0 Å². The second-order valence-corrected chi connectivity index (χ2v) is 7.79. The molecule has 0 aliphatic heterocycles. The summed E-state index contributed by atoms with van der Waals surface area (Å²) in [6.07, 6.45) is 3.52. The fourth-order valence-corrected chi connectivity index (χ4v) is 3.83. The van der Waals surface area contributed by atoms with Crippen LogP contribution in [0.15, 0.2) is 67.1 Å². The number of hydrogen-bond donors (Lipinski definition) is 2. The molecule has 3 heterocycles. The SMILES string of the molecule is Cn1cnc2ccc(Nc3ncc4ccc(-c5ccccc5CNS(=O)[O-])n4n3)cc21. The molecule has 1 unspecified atom stereocenters. The van der Waals surface area contributed by atoms with Crippen LogP contribution in [-0.2, 0) is 24.9 Å². The normalized spacial score (nSPS) is 12.5. The highest BCUT2D eigenvalue weighted by Gasteiger charge is 2.12. The van der Waals surface area contributed by atoms with Gasteiger partial charge in [0.05, 0.1) is 34.8 Å². The molecule has 0 bridgehead atoms. The van der Waals surface area contributed by atoms with Gasteiger partial charge in [0.25, 0.3) is 0 Å². The highest BCUT2D eigenvalue weighted by atomic mass is 32.2. The Labute approximate surface area is 180 Å². The highest BCUT2D eigenvalue weighted by molar-refractivity contribution is 7.77. The molecule has 3 aromatic heterocycles. The second-order valence-electron chi connectivity index (χ2n) is 7.03. The van der Waals surface area contributed by atoms with E-state index < -0.39 is 11.3 Å². The minimum Gasteiger partial charge on any atom is -0.760 e. The number of rotatable bonds is 6. The summed E-state index contributed by atoms with van der Waals surface area (Å²) in [6.45, 7) is 0.195. The monoisotopic (exact) mass is 432 g/mol. The number of anilines is 2. The number of benzene rings is 2. The van der Waals surface area contributed by atoms with E-state index >= 15 is 0 Å². The number of nitrogens with one attached hydrogen (secondary N) is 2. The van der Waals surface area contributed by atoms with Gasteiger partial charge in [0.1, 0.15) is 0 Å². The van der Waals surface area contributed by atoms with Crippen LogP contribution in [0.5, 0.6) is 0 Å². The summed E-state index contributed by atoms with van der Waals surface area (Å²) in [5.74, 6) is 0.447. The Morgan fingerprint density at radius 2 is 1.97 bits per heavy atom. The molecule has 0 radical (unpaired) electrons. The van der Waals surface area contributed by atoms with Crippen LogP contribution in [0.2, 0.25) is 0 Å². The molecule has 156 valence electrons. The summed E-state index contributed by atoms with van der Waals surface area (Å²) >= 11 is -2.33. The summed E-state index contributed by atoms with van der Waals surface area (Å²) in [6, 6.07) is 17.4. The lowest BCUT2D eigenvalue weighted by Gasteiger charge is -2.12. The fraction of sp³-hybridized carbons (Fsp3) is 0.0952. The highest BCUT2D eigenvalue weighted by Crippen LogP contribution is 2.26. The van der Waals surface area contributed by atoms with Gasteiger partial charge >= 0.3 is 0 Å². The van der Waals surface area contributed by atoms with Crippen molar-refractivity contribution in [3.63, 3.8) is 0 Å². The fourth-order valence-electron chi connectivity index (χ4n) is 3.56. The second kappa shape index (κ2) is 7.91. The third-order valence-electron chi connectivity index (χ3n) is 5.05. The lowest BCUT2D eigenvalue weighted by atomic mass is 10.1. The third-order valence-corrected chi connectivity index (χ3v) is 5.43. The smallest absolute Gasteiger partial charge is 0.245 e. The van der Waals surface area contributed by atoms with E-state index in [9.17, 15) is 8.76 Å². The maximum Gasteiger partial charge on any atom is 0.245 e. The molecule has 9 nitrogen and oxygen atoms in total. The van der Waals surface area contributed by atoms with E-state index in [4.69, 9.17) is 0 Å². The summed E-state index contributed by atoms with van der Waals surface area (Å²) in [5.41, 5.74) is 6.19. The Bertz CT molecular complexity index is 1430. The van der Waals surface area contributed by atoms with Crippen LogP contribution in [0.4, 0.5) is 11.6 Å². The van der Waals surface area contributed by atoms with Crippen molar-refractivity contribution < 1.29 is 8.76 Å². The molecule has 0 aliphatic carbocycles. The van der Waals surface area contributed by atoms with E-state index in [1.807, 2.05) is 66.2 Å². The molecular weight excluding hydrogens is 414 g/mol. The summed E-state index contributed by atoms with van der Waals surface area (Å²) in [4.78, 5) is 8.76. The van der Waals surface area contributed by atoms with E-state index in [0.717, 1.165) is 39.1 Å². The Kier molecular flexibility index (Phi) is 4.94. The average molecular weight is 432 g/mol. The molecule has 0 saturated heterocycles. The molecule has 2 N–H and O–H groups in total. The summed E-state index contributed by atoms with van der Waals surface area (Å²) < 4.78 is 28.0. The van der Waals surface area contributed by atoms with Gasteiger partial charge in [-0.3, -0.25) is 4.21 Å². The van der Waals surface area contributed by atoms with Gasteiger partial charge in [0.2, 0.25) is 5.95 Å². The van der Waals surface area contributed by atoms with Gasteiger partial charge in [-0.1, -0.05) is 24.3 Å². The molecule has 0 aliphatic rings. The maximum atomic E-state index is 10.9. The van der Waals surface area contributed by atoms with E-state index in [-0.39, 0.29) is 6.54 Å². The summed E-state index contributed by atoms with van der Waals surface area (Å²) in [7, 11) is 1.95. The number of nitrogens with zero attached hydrogens (tertiary/aromatic N) is 5. The molecule has 0 spiro atoms. The van der Waals surface area contributed by atoms with Crippen molar-refractivity contribution in [3.05, 3.63) is 72.7 Å². The van der Waals surface area contributed by atoms with Crippen molar-refractivity contribution in [2.45, 2.75) is 6.54 Å². The lowest BCUT2D eigenvalue weighted by molar-refractivity contribution is 0.522. The lowest BCUT2D eigenvalue weighted by Crippen LogP contribution is -2.16. The zero-order chi connectivity index (χ0) is 21.4. The van der Waals surface area contributed by atoms with Gasteiger partial charge in [-0.15, -0.1) is 5.10 Å². The van der Waals surface area contributed by atoms with E-state index in [1.165, 1.54) is 0 Å². The minimum atomic E-state index is -2.33. The van der Waals surface area contributed by atoms with Crippen molar-refractivity contribution >= 4 is 39.5 Å². The Morgan fingerprint density at radius 1 is 1.10 bits per heavy atom. The standard InChI is InChI=1S/C21H19N7O2S/c1-27-13-23-18-8-6-15(10-20(18)27)25-21-22-12-16-7-9-19(28(16)26-21)17-5-3-2-4-14(17)11-24-31(29)30/h2-10,12-13,24H,11H2,1H3,(H,25,26)(H,29,30)/p-1. The largest absolute Gasteiger partial charge is 0.760 e. The first-order valence-corrected chi connectivity index (χ1v) is 10.6. The first kappa shape index (κ1) is 19.4. The van der Waals surface area contributed by atoms with Gasteiger partial charge in [-0.05, 0) is 35.9 Å². The predicted molar refractivity (Wildman–Crippen MR) is 118 cm³/mol. The Morgan fingerprint density at radius 3 is 2.84 bits per heavy atom. The first-order chi connectivity index (χ1) is 15.1. The summed E-state index contributed by atoms with van der Waals surface area (Å²) in [5, 5.41) is 7.91. The van der Waals surface area contributed by atoms with Crippen LogP contribution >= 0.6 is 0 Å². The van der Waals surface area contributed by atoms with Gasteiger partial charge in [-0.25, -0.2) is 19.2 Å². The number of imidazole rings is 1. The van der Waals surface area contributed by atoms with Crippen molar-refractivity contribution in [1.29, 1.82) is 0 Å². The van der Waals surface area contributed by atoms with Crippen LogP contribution in [0.25, 0.3) is 27.8 Å². The molecule has 5 aromatic rings.